The van der Waals surface area contributed by atoms with Gasteiger partial charge in [-0.05, 0) is 68.4 Å². The molecule has 4 rings (SSSR count). The first-order valence-electron chi connectivity index (χ1n) is 8.43. The molecule has 1 aliphatic heterocycles. The van der Waals surface area contributed by atoms with Crippen LogP contribution in [0.2, 0.25) is 0 Å². The molecule has 5 heteroatoms. The summed E-state index contributed by atoms with van der Waals surface area (Å²) in [7, 11) is 0. The van der Waals surface area contributed by atoms with E-state index in [4.69, 9.17) is 0 Å². The Hall–Kier alpha value is -2.84. The number of phenols is 1. The lowest BCUT2D eigenvalue weighted by Crippen LogP contribution is -2.28. The number of nitrogens with zero attached hydrogens (tertiary/aromatic N) is 2. The van der Waals surface area contributed by atoms with Gasteiger partial charge in [-0.25, -0.2) is 4.39 Å². The van der Waals surface area contributed by atoms with Gasteiger partial charge in [0.15, 0.2) is 0 Å². The predicted molar refractivity (Wildman–Crippen MR) is 94.5 cm³/mol. The summed E-state index contributed by atoms with van der Waals surface area (Å²) in [6.45, 7) is 1.82. The molecule has 25 heavy (non-hydrogen) atoms. The van der Waals surface area contributed by atoms with Crippen LogP contribution in [0.5, 0.6) is 5.75 Å². The molecule has 0 aliphatic carbocycles. The SMILES string of the molecule is N#Cc1c(C2CCNCC2)n(-c2ccc(F)cc2)c2ccc(O)cc12. The Kier molecular flexibility index (Phi) is 3.90. The molecule has 126 valence electrons. The van der Waals surface area contributed by atoms with E-state index in [-0.39, 0.29) is 17.5 Å². The molecular weight excluding hydrogens is 317 g/mol. The zero-order valence-electron chi connectivity index (χ0n) is 13.7. The van der Waals surface area contributed by atoms with Gasteiger partial charge in [-0.2, -0.15) is 5.26 Å². The Bertz CT molecular complexity index is 963. The summed E-state index contributed by atoms with van der Waals surface area (Å²) < 4.78 is 15.4. The zero-order chi connectivity index (χ0) is 17.4. The van der Waals surface area contributed by atoms with E-state index in [1.165, 1.54) is 12.1 Å². The summed E-state index contributed by atoms with van der Waals surface area (Å²) in [4.78, 5) is 0. The van der Waals surface area contributed by atoms with E-state index in [2.05, 4.69) is 11.4 Å². The van der Waals surface area contributed by atoms with Crippen LogP contribution in [-0.2, 0) is 0 Å². The average Bonchev–Trinajstić information content (AvgIpc) is 2.96. The summed E-state index contributed by atoms with van der Waals surface area (Å²) in [5.41, 5.74) is 3.24. The lowest BCUT2D eigenvalue weighted by atomic mass is 9.91. The van der Waals surface area contributed by atoms with Crippen molar-refractivity contribution in [2.24, 2.45) is 0 Å². The molecular formula is C20H18FN3O. The average molecular weight is 335 g/mol. The quantitative estimate of drug-likeness (QED) is 0.748. The third kappa shape index (κ3) is 2.65. The molecule has 1 aliphatic rings. The van der Waals surface area contributed by atoms with E-state index in [1.54, 1.807) is 24.3 Å². The number of halogens is 1. The first kappa shape index (κ1) is 15.7. The van der Waals surface area contributed by atoms with E-state index >= 15 is 0 Å². The highest BCUT2D eigenvalue weighted by Crippen LogP contribution is 2.38. The maximum absolute atomic E-state index is 13.4. The summed E-state index contributed by atoms with van der Waals surface area (Å²) in [5.74, 6) is 0.0920. The highest BCUT2D eigenvalue weighted by atomic mass is 19.1. The summed E-state index contributed by atoms with van der Waals surface area (Å²) >= 11 is 0. The largest absolute Gasteiger partial charge is 0.508 e. The number of phenolic OH excluding ortho intramolecular Hbond substituents is 1. The van der Waals surface area contributed by atoms with Gasteiger partial charge in [-0.1, -0.05) is 0 Å². The molecule has 1 saturated heterocycles. The van der Waals surface area contributed by atoms with Crippen LogP contribution in [0.15, 0.2) is 42.5 Å². The first-order chi connectivity index (χ1) is 12.2. The van der Waals surface area contributed by atoms with Crippen LogP contribution in [0.1, 0.15) is 30.0 Å². The Morgan fingerprint density at radius 1 is 1.12 bits per heavy atom. The Balaban J connectivity index is 2.04. The second kappa shape index (κ2) is 6.23. The van der Waals surface area contributed by atoms with E-state index in [0.29, 0.717) is 5.56 Å². The van der Waals surface area contributed by atoms with Gasteiger partial charge in [0.05, 0.1) is 11.1 Å². The van der Waals surface area contributed by atoms with Gasteiger partial charge in [-0.3, -0.25) is 0 Å². The number of nitrogens with one attached hydrogen (secondary N) is 1. The normalized spacial score (nSPS) is 15.4. The number of benzene rings is 2. The Labute approximate surface area is 145 Å². The highest BCUT2D eigenvalue weighted by molar-refractivity contribution is 5.91. The number of fused-ring (bicyclic) bond motifs is 1. The predicted octanol–water partition coefficient (Wildman–Crippen LogP) is 3.81. The van der Waals surface area contributed by atoms with Crippen LogP contribution < -0.4 is 5.32 Å². The van der Waals surface area contributed by atoms with Crippen molar-refractivity contribution >= 4 is 10.9 Å². The molecule has 1 aromatic heterocycles. The van der Waals surface area contributed by atoms with Crippen LogP contribution in [0.3, 0.4) is 0 Å². The molecule has 4 nitrogen and oxygen atoms in total. The number of hydrogen-bond acceptors (Lipinski definition) is 3. The standard InChI is InChI=1S/C20H18FN3O/c21-14-1-3-15(4-2-14)24-19-6-5-16(25)11-17(19)18(12-22)20(24)13-7-9-23-10-8-13/h1-6,11,13,23,25H,7-10H2. The van der Waals surface area contributed by atoms with Crippen molar-refractivity contribution in [2.75, 3.05) is 13.1 Å². The van der Waals surface area contributed by atoms with Crippen molar-refractivity contribution in [2.45, 2.75) is 18.8 Å². The maximum Gasteiger partial charge on any atom is 0.123 e. The van der Waals surface area contributed by atoms with E-state index in [0.717, 1.165) is 48.2 Å². The number of aromatic hydroxyl groups is 1. The molecule has 0 atom stereocenters. The van der Waals surface area contributed by atoms with Crippen LogP contribution in [0.25, 0.3) is 16.6 Å². The molecule has 0 spiro atoms. The van der Waals surface area contributed by atoms with Crippen molar-refractivity contribution < 1.29 is 9.50 Å². The molecule has 0 unspecified atom stereocenters. The maximum atomic E-state index is 13.4. The topological polar surface area (TPSA) is 61.0 Å². The fourth-order valence-electron chi connectivity index (χ4n) is 3.77. The molecule has 2 N–H and O–H groups in total. The Morgan fingerprint density at radius 3 is 2.52 bits per heavy atom. The minimum Gasteiger partial charge on any atom is -0.508 e. The van der Waals surface area contributed by atoms with Crippen molar-refractivity contribution in [3.63, 3.8) is 0 Å². The highest BCUT2D eigenvalue weighted by Gasteiger charge is 2.26. The second-order valence-electron chi connectivity index (χ2n) is 6.41. The second-order valence-corrected chi connectivity index (χ2v) is 6.41. The molecule has 3 aromatic rings. The van der Waals surface area contributed by atoms with Gasteiger partial charge >= 0.3 is 0 Å². The summed E-state index contributed by atoms with van der Waals surface area (Å²) in [6.07, 6.45) is 1.89. The van der Waals surface area contributed by atoms with Crippen molar-refractivity contribution in [3.8, 4) is 17.5 Å². The van der Waals surface area contributed by atoms with Gasteiger partial charge in [0.1, 0.15) is 17.6 Å². The molecule has 0 radical (unpaired) electrons. The molecule has 0 amide bonds. The van der Waals surface area contributed by atoms with Crippen LogP contribution >= 0.6 is 0 Å². The molecule has 0 saturated carbocycles. The molecule has 2 heterocycles. The lowest BCUT2D eigenvalue weighted by molar-refractivity contribution is 0.450. The number of hydrogen-bond donors (Lipinski definition) is 2. The summed E-state index contributed by atoms with van der Waals surface area (Å²) in [5, 5.41) is 23.8. The lowest BCUT2D eigenvalue weighted by Gasteiger charge is -2.25. The van der Waals surface area contributed by atoms with Crippen molar-refractivity contribution in [1.29, 1.82) is 5.26 Å². The van der Waals surface area contributed by atoms with E-state index in [9.17, 15) is 14.8 Å². The Morgan fingerprint density at radius 2 is 1.84 bits per heavy atom. The molecule has 2 aromatic carbocycles. The van der Waals surface area contributed by atoms with Crippen molar-refractivity contribution in [3.05, 3.63) is 59.5 Å². The summed E-state index contributed by atoms with van der Waals surface area (Å²) in [6, 6.07) is 13.7. The van der Waals surface area contributed by atoms with Gasteiger partial charge in [0.25, 0.3) is 0 Å². The van der Waals surface area contributed by atoms with Gasteiger partial charge in [-0.15, -0.1) is 0 Å². The number of nitriles is 1. The van der Waals surface area contributed by atoms with E-state index in [1.807, 2.05) is 10.6 Å². The van der Waals surface area contributed by atoms with Crippen molar-refractivity contribution in [1.82, 2.24) is 9.88 Å². The van der Waals surface area contributed by atoms with Gasteiger partial charge < -0.3 is 15.0 Å². The van der Waals surface area contributed by atoms with Crippen LogP contribution in [0, 0.1) is 17.1 Å². The van der Waals surface area contributed by atoms with Crippen LogP contribution in [-0.4, -0.2) is 22.8 Å². The minimum absolute atomic E-state index is 0.136. The first-order valence-corrected chi connectivity index (χ1v) is 8.43. The number of aromatic nitrogens is 1. The zero-order valence-corrected chi connectivity index (χ0v) is 13.7. The number of rotatable bonds is 2. The monoisotopic (exact) mass is 335 g/mol. The smallest absolute Gasteiger partial charge is 0.123 e. The third-order valence-corrected chi connectivity index (χ3v) is 4.91. The number of piperidine rings is 1. The van der Waals surface area contributed by atoms with Gasteiger partial charge in [0, 0.05) is 22.7 Å². The van der Waals surface area contributed by atoms with Crippen LogP contribution in [0.4, 0.5) is 4.39 Å². The third-order valence-electron chi connectivity index (χ3n) is 4.91. The molecule has 1 fully saturated rings. The fourth-order valence-corrected chi connectivity index (χ4v) is 3.77. The van der Waals surface area contributed by atoms with E-state index < -0.39 is 0 Å². The molecule has 0 bridgehead atoms. The fraction of sp³-hybridized carbons (Fsp3) is 0.250. The minimum atomic E-state index is -0.290. The van der Waals surface area contributed by atoms with Gasteiger partial charge in [0.2, 0.25) is 0 Å².